The number of carbonyl (C=O) groups excluding carboxylic acids is 1. The van der Waals surface area contributed by atoms with E-state index in [2.05, 4.69) is 21.9 Å². The molecule has 0 aliphatic heterocycles. The Labute approximate surface area is 121 Å². The maximum atomic E-state index is 12.3. The molecule has 1 aliphatic carbocycles. The third-order valence-corrected chi connectivity index (χ3v) is 4.29. The Hall–Kier alpha value is -1.36. The highest BCUT2D eigenvalue weighted by Gasteiger charge is 2.21. The number of nitrogens with zero attached hydrogens (tertiary/aromatic N) is 3. The number of nitrogens with one attached hydrogen (secondary N) is 1. The summed E-state index contributed by atoms with van der Waals surface area (Å²) in [5.41, 5.74) is 1.40. The number of likely N-dealkylation sites (N-methyl/N-ethyl adjacent to an activating group) is 2. The monoisotopic (exact) mass is 278 g/mol. The van der Waals surface area contributed by atoms with Crippen LogP contribution in [0.4, 0.5) is 0 Å². The second-order valence-electron chi connectivity index (χ2n) is 5.94. The van der Waals surface area contributed by atoms with Gasteiger partial charge in [0.15, 0.2) is 0 Å². The lowest BCUT2D eigenvalue weighted by molar-refractivity contribution is 0.0768. The van der Waals surface area contributed by atoms with Crippen molar-refractivity contribution in [2.75, 3.05) is 27.2 Å². The number of imidazole rings is 1. The first-order valence-electron chi connectivity index (χ1n) is 7.48. The van der Waals surface area contributed by atoms with Crippen molar-refractivity contribution in [1.29, 1.82) is 0 Å². The van der Waals surface area contributed by atoms with Crippen LogP contribution in [-0.4, -0.2) is 58.9 Å². The zero-order valence-electron chi connectivity index (χ0n) is 13.1. The number of aromatic amines is 1. The van der Waals surface area contributed by atoms with Crippen molar-refractivity contribution in [3.05, 3.63) is 17.2 Å². The molecule has 0 atom stereocenters. The average Bonchev–Trinajstić information content (AvgIpc) is 3.04. The van der Waals surface area contributed by atoms with Crippen LogP contribution in [0.2, 0.25) is 0 Å². The van der Waals surface area contributed by atoms with Gasteiger partial charge in [-0.15, -0.1) is 0 Å². The van der Waals surface area contributed by atoms with Gasteiger partial charge in [0, 0.05) is 31.9 Å². The molecule has 0 bridgehead atoms. The molecule has 2 rings (SSSR count). The Morgan fingerprint density at radius 3 is 2.45 bits per heavy atom. The number of aromatic nitrogens is 2. The van der Waals surface area contributed by atoms with Crippen LogP contribution in [0.3, 0.4) is 0 Å². The van der Waals surface area contributed by atoms with Gasteiger partial charge in [0.2, 0.25) is 0 Å². The lowest BCUT2D eigenvalue weighted by Gasteiger charge is -2.26. The zero-order chi connectivity index (χ0) is 14.7. The van der Waals surface area contributed by atoms with Gasteiger partial charge in [-0.2, -0.15) is 0 Å². The SMILES string of the molecule is Cc1nc(C(=O)N(C)CCN(C)C2CCCC2)c(C)[nH]1. The van der Waals surface area contributed by atoms with Crippen LogP contribution in [0, 0.1) is 13.8 Å². The highest BCUT2D eigenvalue weighted by Crippen LogP contribution is 2.22. The molecule has 1 heterocycles. The van der Waals surface area contributed by atoms with E-state index in [0.717, 1.165) is 24.6 Å². The van der Waals surface area contributed by atoms with Crippen molar-refractivity contribution in [2.24, 2.45) is 0 Å². The molecule has 20 heavy (non-hydrogen) atoms. The van der Waals surface area contributed by atoms with Crippen molar-refractivity contribution in [3.8, 4) is 0 Å². The smallest absolute Gasteiger partial charge is 0.274 e. The molecule has 0 radical (unpaired) electrons. The number of amides is 1. The molecular formula is C15H26N4O. The van der Waals surface area contributed by atoms with Crippen LogP contribution in [0.15, 0.2) is 0 Å². The normalized spacial score (nSPS) is 16.1. The van der Waals surface area contributed by atoms with E-state index >= 15 is 0 Å². The van der Waals surface area contributed by atoms with E-state index in [1.54, 1.807) is 4.90 Å². The average molecular weight is 278 g/mol. The van der Waals surface area contributed by atoms with Crippen LogP contribution in [0.25, 0.3) is 0 Å². The molecule has 1 saturated carbocycles. The topological polar surface area (TPSA) is 52.2 Å². The summed E-state index contributed by atoms with van der Waals surface area (Å²) < 4.78 is 0. The molecule has 1 N–H and O–H groups in total. The largest absolute Gasteiger partial charge is 0.346 e. The summed E-state index contributed by atoms with van der Waals surface area (Å²) in [6.45, 7) is 5.44. The third-order valence-electron chi connectivity index (χ3n) is 4.29. The molecular weight excluding hydrogens is 252 g/mol. The Balaban J connectivity index is 1.86. The Morgan fingerprint density at radius 2 is 1.90 bits per heavy atom. The van der Waals surface area contributed by atoms with Gasteiger partial charge in [0.05, 0.1) is 0 Å². The second kappa shape index (κ2) is 6.39. The summed E-state index contributed by atoms with van der Waals surface area (Å²) in [6.07, 6.45) is 5.28. The van der Waals surface area contributed by atoms with Gasteiger partial charge in [-0.3, -0.25) is 4.79 Å². The summed E-state index contributed by atoms with van der Waals surface area (Å²) in [4.78, 5) is 23.9. The van der Waals surface area contributed by atoms with Crippen molar-refractivity contribution in [2.45, 2.75) is 45.6 Å². The standard InChI is InChI=1S/C15H26N4O/c1-11-14(17-12(2)16-11)15(20)19(4)10-9-18(3)13-7-5-6-8-13/h13H,5-10H2,1-4H3,(H,16,17). The van der Waals surface area contributed by atoms with Crippen LogP contribution >= 0.6 is 0 Å². The van der Waals surface area contributed by atoms with Crippen LogP contribution in [0.1, 0.15) is 47.7 Å². The molecule has 1 amide bonds. The van der Waals surface area contributed by atoms with Gasteiger partial charge in [-0.1, -0.05) is 12.8 Å². The highest BCUT2D eigenvalue weighted by atomic mass is 16.2. The summed E-state index contributed by atoms with van der Waals surface area (Å²) in [5, 5.41) is 0. The molecule has 1 aromatic rings. The van der Waals surface area contributed by atoms with E-state index in [1.165, 1.54) is 25.7 Å². The van der Waals surface area contributed by atoms with Gasteiger partial charge in [-0.25, -0.2) is 4.98 Å². The van der Waals surface area contributed by atoms with Crippen molar-refractivity contribution in [1.82, 2.24) is 19.8 Å². The molecule has 0 saturated heterocycles. The molecule has 5 nitrogen and oxygen atoms in total. The Kier molecular flexibility index (Phi) is 4.81. The fourth-order valence-electron chi connectivity index (χ4n) is 2.94. The lowest BCUT2D eigenvalue weighted by atomic mass is 10.2. The summed E-state index contributed by atoms with van der Waals surface area (Å²) in [5.74, 6) is 0.800. The molecule has 0 unspecified atom stereocenters. The van der Waals surface area contributed by atoms with Crippen LogP contribution < -0.4 is 0 Å². The van der Waals surface area contributed by atoms with Crippen LogP contribution in [0.5, 0.6) is 0 Å². The zero-order valence-corrected chi connectivity index (χ0v) is 13.1. The third kappa shape index (κ3) is 3.39. The van der Waals surface area contributed by atoms with E-state index in [-0.39, 0.29) is 5.91 Å². The first-order chi connectivity index (χ1) is 9.49. The maximum absolute atomic E-state index is 12.3. The maximum Gasteiger partial charge on any atom is 0.274 e. The molecule has 1 aromatic heterocycles. The van der Waals surface area contributed by atoms with E-state index < -0.39 is 0 Å². The van der Waals surface area contributed by atoms with Gasteiger partial charge in [-0.05, 0) is 33.7 Å². The van der Waals surface area contributed by atoms with E-state index in [0.29, 0.717) is 11.7 Å². The summed E-state index contributed by atoms with van der Waals surface area (Å²) in [6, 6.07) is 0.702. The summed E-state index contributed by atoms with van der Waals surface area (Å²) >= 11 is 0. The summed E-state index contributed by atoms with van der Waals surface area (Å²) in [7, 11) is 4.02. The molecule has 0 aromatic carbocycles. The molecule has 1 fully saturated rings. The van der Waals surface area contributed by atoms with Crippen LogP contribution in [-0.2, 0) is 0 Å². The predicted molar refractivity (Wildman–Crippen MR) is 79.9 cm³/mol. The molecule has 112 valence electrons. The van der Waals surface area contributed by atoms with Crippen molar-refractivity contribution >= 4 is 5.91 Å². The number of rotatable bonds is 5. The van der Waals surface area contributed by atoms with Gasteiger partial charge in [0.1, 0.15) is 11.5 Å². The first-order valence-corrected chi connectivity index (χ1v) is 7.48. The Bertz CT molecular complexity index is 462. The number of hydrogen-bond acceptors (Lipinski definition) is 3. The lowest BCUT2D eigenvalue weighted by Crippen LogP contribution is -2.38. The molecule has 5 heteroatoms. The quantitative estimate of drug-likeness (QED) is 0.896. The van der Waals surface area contributed by atoms with Gasteiger partial charge >= 0.3 is 0 Å². The minimum absolute atomic E-state index is 0.00618. The minimum atomic E-state index is 0.00618. The minimum Gasteiger partial charge on any atom is -0.346 e. The second-order valence-corrected chi connectivity index (χ2v) is 5.94. The van der Waals surface area contributed by atoms with Gasteiger partial charge < -0.3 is 14.8 Å². The predicted octanol–water partition coefficient (Wildman–Crippen LogP) is 1.97. The Morgan fingerprint density at radius 1 is 1.25 bits per heavy atom. The van der Waals surface area contributed by atoms with Crippen molar-refractivity contribution < 1.29 is 4.79 Å². The van der Waals surface area contributed by atoms with Gasteiger partial charge in [0.25, 0.3) is 5.91 Å². The number of H-pyrrole nitrogens is 1. The molecule has 0 spiro atoms. The number of hydrogen-bond donors (Lipinski definition) is 1. The van der Waals surface area contributed by atoms with E-state index in [1.807, 2.05) is 20.9 Å². The highest BCUT2D eigenvalue weighted by molar-refractivity contribution is 5.93. The van der Waals surface area contributed by atoms with Crippen molar-refractivity contribution in [3.63, 3.8) is 0 Å². The fourth-order valence-corrected chi connectivity index (χ4v) is 2.94. The number of aryl methyl sites for hydroxylation is 2. The number of carbonyl (C=O) groups is 1. The van der Waals surface area contributed by atoms with E-state index in [4.69, 9.17) is 0 Å². The van der Waals surface area contributed by atoms with E-state index in [9.17, 15) is 4.79 Å². The molecule has 1 aliphatic rings. The fraction of sp³-hybridized carbons (Fsp3) is 0.733. The first kappa shape index (κ1) is 15.0.